The van der Waals surface area contributed by atoms with Crippen LogP contribution in [0.15, 0.2) is 41.9 Å². The van der Waals surface area contributed by atoms with Gasteiger partial charge in [0.05, 0.1) is 0 Å². The Kier molecular flexibility index (Phi) is 5.64. The Balaban J connectivity index is 2.14. The van der Waals surface area contributed by atoms with Crippen LogP contribution in [0.25, 0.3) is 0 Å². The van der Waals surface area contributed by atoms with E-state index >= 15 is 0 Å². The average Bonchev–Trinajstić information content (AvgIpc) is 2.46. The fraction of sp³-hybridized carbons (Fsp3) is 0.529. The third kappa shape index (κ3) is 3.85. The largest absolute Gasteiger partial charge is 0.311 e. The molecule has 0 aliphatic carbocycles. The van der Waals surface area contributed by atoms with Crippen molar-refractivity contribution in [3.8, 4) is 0 Å². The molecule has 0 aromatic heterocycles. The Bertz CT molecular complexity index is 432. The lowest BCUT2D eigenvalue weighted by molar-refractivity contribution is 0.121. The first kappa shape index (κ1) is 15.6. The third-order valence-corrected chi connectivity index (χ3v) is 4.45. The third-order valence-electron chi connectivity index (χ3n) is 4.34. The second-order valence-electron chi connectivity index (χ2n) is 5.77. The van der Waals surface area contributed by atoms with Gasteiger partial charge >= 0.3 is 0 Å². The maximum atomic E-state index is 6.07. The van der Waals surface area contributed by atoms with Crippen LogP contribution in [0.3, 0.4) is 0 Å². The number of halogens is 1. The molecule has 20 heavy (non-hydrogen) atoms. The molecule has 1 aromatic rings. The van der Waals surface area contributed by atoms with Gasteiger partial charge in [-0.3, -0.25) is 4.90 Å². The van der Waals surface area contributed by atoms with Gasteiger partial charge in [0.15, 0.2) is 0 Å². The van der Waals surface area contributed by atoms with E-state index in [1.807, 2.05) is 0 Å². The van der Waals surface area contributed by atoms with E-state index in [0.717, 1.165) is 24.7 Å². The summed E-state index contributed by atoms with van der Waals surface area (Å²) in [5, 5.41) is 4.43. The van der Waals surface area contributed by atoms with Crippen molar-refractivity contribution in [1.29, 1.82) is 0 Å². The number of nitrogens with one attached hydrogen (secondary N) is 1. The highest BCUT2D eigenvalue weighted by Gasteiger charge is 2.30. The molecule has 0 radical (unpaired) electrons. The monoisotopic (exact) mass is 292 g/mol. The van der Waals surface area contributed by atoms with Crippen LogP contribution in [0.4, 0.5) is 0 Å². The number of hydrogen-bond donors (Lipinski definition) is 1. The van der Waals surface area contributed by atoms with Crippen molar-refractivity contribution in [2.75, 3.05) is 19.6 Å². The summed E-state index contributed by atoms with van der Waals surface area (Å²) in [5.41, 5.74) is 1.35. The van der Waals surface area contributed by atoms with Crippen LogP contribution in [0.5, 0.6) is 0 Å². The topological polar surface area (TPSA) is 15.3 Å². The Morgan fingerprint density at radius 1 is 1.45 bits per heavy atom. The predicted molar refractivity (Wildman–Crippen MR) is 87.0 cm³/mol. The fourth-order valence-electron chi connectivity index (χ4n) is 2.90. The molecule has 1 N–H and O–H groups in total. The van der Waals surface area contributed by atoms with Crippen LogP contribution in [-0.2, 0) is 0 Å². The minimum absolute atomic E-state index is 0.381. The minimum Gasteiger partial charge on any atom is -0.311 e. The van der Waals surface area contributed by atoms with Crippen molar-refractivity contribution in [3.63, 3.8) is 0 Å². The summed E-state index contributed by atoms with van der Waals surface area (Å²) in [6.07, 6.45) is 1.20. The van der Waals surface area contributed by atoms with Crippen LogP contribution >= 0.6 is 11.6 Å². The van der Waals surface area contributed by atoms with Crippen LogP contribution in [0, 0.1) is 5.92 Å². The van der Waals surface area contributed by atoms with E-state index in [1.165, 1.54) is 12.0 Å². The molecule has 2 nitrogen and oxygen atoms in total. The standard InChI is InChI=1S/C17H25ClN2/c1-4-13(2)16-12-20(11-14(3)18)17(10-19-16)15-8-6-5-7-9-15/h5-9,13,16-17,19H,3-4,10-12H2,1-2H3. The van der Waals surface area contributed by atoms with E-state index < -0.39 is 0 Å². The van der Waals surface area contributed by atoms with E-state index in [2.05, 4.69) is 61.0 Å². The molecule has 1 fully saturated rings. The van der Waals surface area contributed by atoms with E-state index in [-0.39, 0.29) is 0 Å². The lowest BCUT2D eigenvalue weighted by Gasteiger charge is -2.42. The molecule has 1 heterocycles. The van der Waals surface area contributed by atoms with Gasteiger partial charge in [0.25, 0.3) is 0 Å². The maximum Gasteiger partial charge on any atom is 0.0477 e. The van der Waals surface area contributed by atoms with Gasteiger partial charge < -0.3 is 5.32 Å². The summed E-state index contributed by atoms with van der Waals surface area (Å²) in [7, 11) is 0. The first-order valence-electron chi connectivity index (χ1n) is 7.47. The minimum atomic E-state index is 0.381. The number of rotatable bonds is 5. The molecule has 1 aliphatic heterocycles. The Hall–Kier alpha value is -0.830. The first-order valence-corrected chi connectivity index (χ1v) is 7.85. The van der Waals surface area contributed by atoms with Crippen LogP contribution in [0.1, 0.15) is 31.9 Å². The van der Waals surface area contributed by atoms with E-state index in [0.29, 0.717) is 18.0 Å². The fourth-order valence-corrected chi connectivity index (χ4v) is 3.05. The highest BCUT2D eigenvalue weighted by atomic mass is 35.5. The quantitative estimate of drug-likeness (QED) is 0.888. The molecular weight excluding hydrogens is 268 g/mol. The Morgan fingerprint density at radius 2 is 2.15 bits per heavy atom. The number of piperazine rings is 1. The van der Waals surface area contributed by atoms with Crippen molar-refractivity contribution >= 4 is 11.6 Å². The van der Waals surface area contributed by atoms with Gasteiger partial charge in [-0.1, -0.05) is 68.8 Å². The summed E-state index contributed by atoms with van der Waals surface area (Å²) in [6, 6.07) is 11.6. The predicted octanol–water partition coefficient (Wildman–Crippen LogP) is 3.80. The summed E-state index contributed by atoms with van der Waals surface area (Å²) >= 11 is 6.07. The van der Waals surface area contributed by atoms with E-state index in [9.17, 15) is 0 Å². The molecule has 1 aliphatic rings. The molecule has 0 amide bonds. The average molecular weight is 293 g/mol. The number of benzene rings is 1. The Morgan fingerprint density at radius 3 is 2.75 bits per heavy atom. The lowest BCUT2D eigenvalue weighted by Crippen LogP contribution is -2.54. The lowest BCUT2D eigenvalue weighted by atomic mass is 9.93. The van der Waals surface area contributed by atoms with Gasteiger partial charge in [-0.25, -0.2) is 0 Å². The molecule has 0 bridgehead atoms. The van der Waals surface area contributed by atoms with Gasteiger partial charge in [0.2, 0.25) is 0 Å². The Labute approximate surface area is 127 Å². The number of nitrogens with zero attached hydrogens (tertiary/aromatic N) is 1. The van der Waals surface area contributed by atoms with Crippen LogP contribution in [-0.4, -0.2) is 30.6 Å². The second kappa shape index (κ2) is 7.26. The molecule has 1 aromatic carbocycles. The highest BCUT2D eigenvalue weighted by Crippen LogP contribution is 2.27. The summed E-state index contributed by atoms with van der Waals surface area (Å²) in [6.45, 7) is 11.2. The van der Waals surface area contributed by atoms with Crippen molar-refractivity contribution < 1.29 is 0 Å². The molecule has 0 spiro atoms. The number of hydrogen-bond acceptors (Lipinski definition) is 2. The zero-order valence-electron chi connectivity index (χ0n) is 12.5. The molecule has 1 saturated heterocycles. The van der Waals surface area contributed by atoms with Crippen molar-refractivity contribution in [2.45, 2.75) is 32.4 Å². The van der Waals surface area contributed by atoms with Gasteiger partial charge in [0.1, 0.15) is 0 Å². The molecule has 0 saturated carbocycles. The molecule has 3 atom stereocenters. The smallest absolute Gasteiger partial charge is 0.0477 e. The maximum absolute atomic E-state index is 6.07. The zero-order valence-corrected chi connectivity index (χ0v) is 13.2. The summed E-state index contributed by atoms with van der Waals surface area (Å²) in [5.74, 6) is 0.679. The van der Waals surface area contributed by atoms with Gasteiger partial charge in [-0.05, 0) is 11.5 Å². The first-order chi connectivity index (χ1) is 9.61. The van der Waals surface area contributed by atoms with Crippen LogP contribution < -0.4 is 5.32 Å². The normalized spacial score (nSPS) is 25.4. The van der Waals surface area contributed by atoms with Crippen LogP contribution in [0.2, 0.25) is 0 Å². The summed E-state index contributed by atoms with van der Waals surface area (Å²) < 4.78 is 0. The second-order valence-corrected chi connectivity index (χ2v) is 6.31. The molecular formula is C17H25ClN2. The van der Waals surface area contributed by atoms with Gasteiger partial charge in [-0.15, -0.1) is 0 Å². The van der Waals surface area contributed by atoms with Crippen molar-refractivity contribution in [1.82, 2.24) is 10.2 Å². The molecule has 3 unspecified atom stereocenters. The van der Waals surface area contributed by atoms with Gasteiger partial charge in [0, 0.05) is 36.8 Å². The van der Waals surface area contributed by atoms with Crippen molar-refractivity contribution in [3.05, 3.63) is 47.5 Å². The summed E-state index contributed by atoms with van der Waals surface area (Å²) in [4.78, 5) is 2.46. The highest BCUT2D eigenvalue weighted by molar-refractivity contribution is 6.29. The van der Waals surface area contributed by atoms with Crippen molar-refractivity contribution in [2.24, 2.45) is 5.92 Å². The molecule has 110 valence electrons. The molecule has 3 heteroatoms. The van der Waals surface area contributed by atoms with Gasteiger partial charge in [-0.2, -0.15) is 0 Å². The van der Waals surface area contributed by atoms with E-state index in [4.69, 9.17) is 11.6 Å². The molecule has 2 rings (SSSR count). The SMILES string of the molecule is C=C(Cl)CN1CC(C(C)CC)NCC1c1ccccc1. The van der Waals surface area contributed by atoms with E-state index in [1.54, 1.807) is 0 Å². The zero-order chi connectivity index (χ0) is 14.5.